The van der Waals surface area contributed by atoms with Gasteiger partial charge in [0.25, 0.3) is 0 Å². The Balaban J connectivity index is 2.22. The zero-order chi connectivity index (χ0) is 9.68. The van der Waals surface area contributed by atoms with Crippen molar-refractivity contribution < 1.29 is 4.79 Å². The minimum atomic E-state index is -0.281. The normalized spacial score (nSPS) is 10.6. The highest BCUT2D eigenvalue weighted by Crippen LogP contribution is 1.98. The second-order valence-electron chi connectivity index (χ2n) is 3.17. The van der Waals surface area contributed by atoms with Crippen LogP contribution in [0, 0.1) is 0 Å². The smallest absolute Gasteiger partial charge is 0.231 e. The number of amides is 1. The predicted molar refractivity (Wildman–Crippen MR) is 51.2 cm³/mol. The highest BCUT2D eigenvalue weighted by Gasteiger charge is 2.02. The van der Waals surface area contributed by atoms with Crippen LogP contribution in [0.1, 0.15) is 5.56 Å². The number of aromatic amines is 1. The first kappa shape index (κ1) is 9.80. The van der Waals surface area contributed by atoms with Gasteiger partial charge in [-0.05, 0) is 25.1 Å². The molecule has 0 spiro atoms. The highest BCUT2D eigenvalue weighted by molar-refractivity contribution is 5.75. The predicted octanol–water partition coefficient (Wildman–Crippen LogP) is -0.0257. The van der Waals surface area contributed by atoms with Gasteiger partial charge in [-0.15, -0.1) is 0 Å². The Labute approximate surface area is 77.7 Å². The summed E-state index contributed by atoms with van der Waals surface area (Å²) in [7, 11) is 1.89. The molecule has 1 rings (SSSR count). The lowest BCUT2D eigenvalue weighted by molar-refractivity contribution is -0.118. The zero-order valence-electron chi connectivity index (χ0n) is 7.79. The van der Waals surface area contributed by atoms with Crippen molar-refractivity contribution in [1.29, 1.82) is 0 Å². The summed E-state index contributed by atoms with van der Waals surface area (Å²) in [6.45, 7) is 1.17. The SMILES string of the molecule is CN(CCc1cc[nH]c1)CC(N)=O. The van der Waals surface area contributed by atoms with Crippen LogP contribution in [0.2, 0.25) is 0 Å². The molecule has 0 bridgehead atoms. The fourth-order valence-corrected chi connectivity index (χ4v) is 1.18. The Morgan fingerprint density at radius 2 is 2.46 bits per heavy atom. The third-order valence-corrected chi connectivity index (χ3v) is 1.87. The van der Waals surface area contributed by atoms with Gasteiger partial charge in [0.1, 0.15) is 0 Å². The maximum Gasteiger partial charge on any atom is 0.231 e. The van der Waals surface area contributed by atoms with E-state index in [1.807, 2.05) is 30.4 Å². The standard InChI is InChI=1S/C9H15N3O/c1-12(7-9(10)13)5-3-8-2-4-11-6-8/h2,4,6,11H,3,5,7H2,1H3,(H2,10,13). The van der Waals surface area contributed by atoms with Crippen molar-refractivity contribution in [2.45, 2.75) is 6.42 Å². The number of aromatic nitrogens is 1. The van der Waals surface area contributed by atoms with E-state index in [1.54, 1.807) is 0 Å². The number of primary amides is 1. The number of nitrogens with one attached hydrogen (secondary N) is 1. The first-order valence-corrected chi connectivity index (χ1v) is 4.27. The minimum absolute atomic E-state index is 0.281. The van der Waals surface area contributed by atoms with Crippen molar-refractivity contribution in [3.05, 3.63) is 24.0 Å². The van der Waals surface area contributed by atoms with E-state index in [-0.39, 0.29) is 5.91 Å². The fraction of sp³-hybridized carbons (Fsp3) is 0.444. The average molecular weight is 181 g/mol. The fourth-order valence-electron chi connectivity index (χ4n) is 1.18. The van der Waals surface area contributed by atoms with Crippen LogP contribution in [0.4, 0.5) is 0 Å². The van der Waals surface area contributed by atoms with E-state index in [4.69, 9.17) is 5.73 Å². The van der Waals surface area contributed by atoms with Crippen LogP contribution in [-0.4, -0.2) is 35.9 Å². The Kier molecular flexibility index (Phi) is 3.52. The molecule has 0 radical (unpaired) electrons. The van der Waals surface area contributed by atoms with E-state index in [2.05, 4.69) is 4.98 Å². The molecule has 0 saturated carbocycles. The van der Waals surface area contributed by atoms with E-state index in [1.165, 1.54) is 5.56 Å². The molecule has 1 heterocycles. The molecule has 4 nitrogen and oxygen atoms in total. The van der Waals surface area contributed by atoms with Gasteiger partial charge in [-0.3, -0.25) is 9.69 Å². The molecule has 1 aromatic heterocycles. The molecule has 4 heteroatoms. The van der Waals surface area contributed by atoms with E-state index >= 15 is 0 Å². The van der Waals surface area contributed by atoms with E-state index in [9.17, 15) is 4.79 Å². The van der Waals surface area contributed by atoms with Gasteiger partial charge in [0.2, 0.25) is 5.91 Å². The molecule has 1 aromatic rings. The molecular formula is C9H15N3O. The molecule has 13 heavy (non-hydrogen) atoms. The minimum Gasteiger partial charge on any atom is -0.369 e. The Morgan fingerprint density at radius 3 is 3.00 bits per heavy atom. The summed E-state index contributed by atoms with van der Waals surface area (Å²) in [5, 5.41) is 0. The summed E-state index contributed by atoms with van der Waals surface area (Å²) >= 11 is 0. The first-order chi connectivity index (χ1) is 6.18. The summed E-state index contributed by atoms with van der Waals surface area (Å²) in [6.07, 6.45) is 4.79. The van der Waals surface area contributed by atoms with Crippen molar-refractivity contribution in [3.63, 3.8) is 0 Å². The maximum absolute atomic E-state index is 10.5. The van der Waals surface area contributed by atoms with Crippen LogP contribution in [0.15, 0.2) is 18.5 Å². The average Bonchev–Trinajstić information content (AvgIpc) is 2.51. The maximum atomic E-state index is 10.5. The summed E-state index contributed by atoms with van der Waals surface area (Å²) in [5.74, 6) is -0.281. The molecule has 0 fully saturated rings. The van der Waals surface area contributed by atoms with Crippen molar-refractivity contribution in [2.75, 3.05) is 20.1 Å². The van der Waals surface area contributed by atoms with E-state index in [0.717, 1.165) is 13.0 Å². The third kappa shape index (κ3) is 3.75. The first-order valence-electron chi connectivity index (χ1n) is 4.27. The van der Waals surface area contributed by atoms with Crippen LogP contribution < -0.4 is 5.73 Å². The lowest BCUT2D eigenvalue weighted by Crippen LogP contribution is -2.31. The second kappa shape index (κ2) is 4.67. The van der Waals surface area contributed by atoms with Gasteiger partial charge in [0, 0.05) is 18.9 Å². The zero-order valence-corrected chi connectivity index (χ0v) is 7.79. The van der Waals surface area contributed by atoms with Crippen molar-refractivity contribution in [1.82, 2.24) is 9.88 Å². The van der Waals surface area contributed by atoms with Gasteiger partial charge in [-0.2, -0.15) is 0 Å². The van der Waals surface area contributed by atoms with Gasteiger partial charge >= 0.3 is 0 Å². The van der Waals surface area contributed by atoms with Gasteiger partial charge in [-0.25, -0.2) is 0 Å². The number of likely N-dealkylation sites (N-methyl/N-ethyl adjacent to an activating group) is 1. The van der Waals surface area contributed by atoms with Crippen LogP contribution >= 0.6 is 0 Å². The number of nitrogens with two attached hydrogens (primary N) is 1. The summed E-state index contributed by atoms with van der Waals surface area (Å²) in [6, 6.07) is 2.03. The molecule has 0 aliphatic carbocycles. The number of rotatable bonds is 5. The summed E-state index contributed by atoms with van der Waals surface area (Å²) in [4.78, 5) is 15.4. The van der Waals surface area contributed by atoms with Crippen molar-refractivity contribution in [2.24, 2.45) is 5.73 Å². The van der Waals surface area contributed by atoms with Crippen LogP contribution in [-0.2, 0) is 11.2 Å². The number of hydrogen-bond acceptors (Lipinski definition) is 2. The molecule has 0 aliphatic heterocycles. The largest absolute Gasteiger partial charge is 0.369 e. The molecule has 1 amide bonds. The lowest BCUT2D eigenvalue weighted by atomic mass is 10.2. The lowest BCUT2D eigenvalue weighted by Gasteiger charge is -2.13. The molecule has 0 saturated heterocycles. The van der Waals surface area contributed by atoms with Gasteiger partial charge < -0.3 is 10.7 Å². The van der Waals surface area contributed by atoms with E-state index < -0.39 is 0 Å². The summed E-state index contributed by atoms with van der Waals surface area (Å²) in [5.41, 5.74) is 6.30. The Hall–Kier alpha value is -1.29. The van der Waals surface area contributed by atoms with E-state index in [0.29, 0.717) is 6.54 Å². The number of carbonyl (C=O) groups excluding carboxylic acids is 1. The Morgan fingerprint density at radius 1 is 1.69 bits per heavy atom. The third-order valence-electron chi connectivity index (χ3n) is 1.87. The number of carbonyl (C=O) groups is 1. The number of hydrogen-bond donors (Lipinski definition) is 2. The van der Waals surface area contributed by atoms with Crippen LogP contribution in [0.25, 0.3) is 0 Å². The second-order valence-corrected chi connectivity index (χ2v) is 3.17. The summed E-state index contributed by atoms with van der Waals surface area (Å²) < 4.78 is 0. The number of H-pyrrole nitrogens is 1. The molecule has 0 aliphatic rings. The van der Waals surface area contributed by atoms with Crippen LogP contribution in [0.5, 0.6) is 0 Å². The topological polar surface area (TPSA) is 62.1 Å². The van der Waals surface area contributed by atoms with Crippen molar-refractivity contribution in [3.8, 4) is 0 Å². The molecular weight excluding hydrogens is 166 g/mol. The van der Waals surface area contributed by atoms with Crippen molar-refractivity contribution >= 4 is 5.91 Å². The number of nitrogens with zero attached hydrogens (tertiary/aromatic N) is 1. The molecule has 0 atom stereocenters. The van der Waals surface area contributed by atoms with Gasteiger partial charge in [0.05, 0.1) is 6.54 Å². The van der Waals surface area contributed by atoms with Crippen LogP contribution in [0.3, 0.4) is 0 Å². The van der Waals surface area contributed by atoms with Gasteiger partial charge in [-0.1, -0.05) is 0 Å². The highest BCUT2D eigenvalue weighted by atomic mass is 16.1. The monoisotopic (exact) mass is 181 g/mol. The molecule has 72 valence electrons. The van der Waals surface area contributed by atoms with Gasteiger partial charge in [0.15, 0.2) is 0 Å². The molecule has 0 aromatic carbocycles. The Bertz CT molecular complexity index is 256. The molecule has 0 unspecified atom stereocenters. The molecule has 3 N–H and O–H groups in total. The quantitative estimate of drug-likeness (QED) is 0.670.